The van der Waals surface area contributed by atoms with Crippen molar-refractivity contribution >= 4 is 28.5 Å². The Balaban J connectivity index is 1.50. The Labute approximate surface area is 194 Å². The van der Waals surface area contributed by atoms with E-state index in [1.165, 1.54) is 22.3 Å². The first kappa shape index (κ1) is 22.1. The van der Waals surface area contributed by atoms with Crippen molar-refractivity contribution in [3.63, 3.8) is 0 Å². The molecule has 3 aromatic carbocycles. The van der Waals surface area contributed by atoms with E-state index in [9.17, 15) is 4.79 Å². The lowest BCUT2D eigenvalue weighted by Crippen LogP contribution is -2.25. The molecule has 0 saturated carbocycles. The molecule has 164 valence electrons. The van der Waals surface area contributed by atoms with Gasteiger partial charge in [0.2, 0.25) is 0 Å². The molecule has 0 saturated heterocycles. The number of aryl methyl sites for hydroxylation is 4. The van der Waals surface area contributed by atoms with Crippen LogP contribution in [0.2, 0.25) is 5.02 Å². The topological polar surface area (TPSA) is 46.9 Å². The molecular weight excluding hydrogens is 418 g/mol. The van der Waals surface area contributed by atoms with Crippen LogP contribution in [0.4, 0.5) is 0 Å². The molecule has 0 aliphatic carbocycles. The predicted octanol–water partition coefficient (Wildman–Crippen LogP) is 6.03. The number of benzene rings is 3. The summed E-state index contributed by atoms with van der Waals surface area (Å²) in [5.74, 6) is 0.939. The molecule has 0 radical (unpaired) electrons. The number of rotatable bonds is 7. The number of para-hydroxylation sites is 2. The van der Waals surface area contributed by atoms with Gasteiger partial charge in [-0.2, -0.15) is 0 Å². The van der Waals surface area contributed by atoms with Crippen molar-refractivity contribution in [3.05, 3.63) is 99.3 Å². The Hall–Kier alpha value is -3.11. The van der Waals surface area contributed by atoms with Crippen molar-refractivity contribution in [1.29, 1.82) is 0 Å². The molecule has 0 atom stereocenters. The van der Waals surface area contributed by atoms with Crippen molar-refractivity contribution in [3.8, 4) is 0 Å². The smallest absolute Gasteiger partial charge is 0.251 e. The highest BCUT2D eigenvalue weighted by atomic mass is 35.5. The third-order valence-corrected chi connectivity index (χ3v) is 6.07. The number of nitrogens with zero attached hydrogens (tertiary/aromatic N) is 2. The van der Waals surface area contributed by atoms with Crippen LogP contribution in [0.1, 0.15) is 44.9 Å². The number of fused-ring (bicyclic) bond motifs is 1. The minimum atomic E-state index is -0.105. The first-order valence-electron chi connectivity index (χ1n) is 11.0. The van der Waals surface area contributed by atoms with Crippen LogP contribution in [0.3, 0.4) is 0 Å². The zero-order chi connectivity index (χ0) is 22.7. The molecule has 0 aliphatic heterocycles. The number of aromatic nitrogens is 2. The monoisotopic (exact) mass is 445 g/mol. The molecule has 32 heavy (non-hydrogen) atoms. The minimum absolute atomic E-state index is 0.105. The maximum atomic E-state index is 12.4. The average Bonchev–Trinajstić information content (AvgIpc) is 3.10. The summed E-state index contributed by atoms with van der Waals surface area (Å²) in [5.41, 5.74) is 7.97. The third-order valence-electron chi connectivity index (χ3n) is 5.84. The lowest BCUT2D eigenvalue weighted by molar-refractivity contribution is 0.0953. The number of hydrogen-bond acceptors (Lipinski definition) is 2. The van der Waals surface area contributed by atoms with Gasteiger partial charge in [0.25, 0.3) is 5.91 Å². The normalized spacial score (nSPS) is 11.1. The molecule has 1 aromatic heterocycles. The predicted molar refractivity (Wildman–Crippen MR) is 132 cm³/mol. The SMILES string of the molecule is Cc1cc(C)c(Cn2c(CCCNC(=O)c3cccc(Cl)c3)nc3ccccc32)c(C)c1. The summed E-state index contributed by atoms with van der Waals surface area (Å²) in [6.07, 6.45) is 1.59. The number of amides is 1. The van der Waals surface area contributed by atoms with Crippen LogP contribution < -0.4 is 5.32 Å². The van der Waals surface area contributed by atoms with E-state index in [-0.39, 0.29) is 5.91 Å². The molecule has 4 aromatic rings. The van der Waals surface area contributed by atoms with Gasteiger partial charge in [0.05, 0.1) is 11.0 Å². The first-order chi connectivity index (χ1) is 15.4. The molecule has 4 rings (SSSR count). The van der Waals surface area contributed by atoms with Crippen LogP contribution in [0.25, 0.3) is 11.0 Å². The maximum Gasteiger partial charge on any atom is 0.251 e. The van der Waals surface area contributed by atoms with Gasteiger partial charge < -0.3 is 9.88 Å². The number of halogens is 1. The van der Waals surface area contributed by atoms with E-state index in [1.807, 2.05) is 6.07 Å². The molecule has 0 unspecified atom stereocenters. The Bertz CT molecular complexity index is 1250. The molecule has 5 heteroatoms. The van der Waals surface area contributed by atoms with Crippen LogP contribution in [0, 0.1) is 20.8 Å². The second-order valence-corrected chi connectivity index (χ2v) is 8.79. The fourth-order valence-corrected chi connectivity index (χ4v) is 4.48. The fraction of sp³-hybridized carbons (Fsp3) is 0.259. The lowest BCUT2D eigenvalue weighted by atomic mass is 9.99. The fourth-order valence-electron chi connectivity index (χ4n) is 4.29. The van der Waals surface area contributed by atoms with E-state index < -0.39 is 0 Å². The van der Waals surface area contributed by atoms with Gasteiger partial charge in [-0.15, -0.1) is 0 Å². The van der Waals surface area contributed by atoms with E-state index in [0.717, 1.165) is 36.2 Å². The Morgan fingerprint density at radius 3 is 2.50 bits per heavy atom. The summed E-state index contributed by atoms with van der Waals surface area (Å²) >= 11 is 5.99. The van der Waals surface area contributed by atoms with Gasteiger partial charge in [-0.1, -0.05) is 47.5 Å². The van der Waals surface area contributed by atoms with Gasteiger partial charge in [0.15, 0.2) is 0 Å². The van der Waals surface area contributed by atoms with Crippen molar-refractivity contribution in [2.24, 2.45) is 0 Å². The van der Waals surface area contributed by atoms with Crippen LogP contribution >= 0.6 is 11.6 Å². The van der Waals surface area contributed by atoms with E-state index in [2.05, 4.69) is 61.0 Å². The van der Waals surface area contributed by atoms with Gasteiger partial charge in [-0.3, -0.25) is 4.79 Å². The van der Waals surface area contributed by atoms with Gasteiger partial charge in [-0.25, -0.2) is 4.98 Å². The maximum absolute atomic E-state index is 12.4. The van der Waals surface area contributed by atoms with Gasteiger partial charge >= 0.3 is 0 Å². The quantitative estimate of drug-likeness (QED) is 0.353. The molecule has 0 aliphatic rings. The Morgan fingerprint density at radius 1 is 1.00 bits per heavy atom. The van der Waals surface area contributed by atoms with E-state index >= 15 is 0 Å². The largest absolute Gasteiger partial charge is 0.352 e. The molecule has 4 nitrogen and oxygen atoms in total. The summed E-state index contributed by atoms with van der Waals surface area (Å²) in [4.78, 5) is 17.3. The molecule has 0 fully saturated rings. The zero-order valence-electron chi connectivity index (χ0n) is 18.8. The van der Waals surface area contributed by atoms with E-state index in [0.29, 0.717) is 17.1 Å². The number of nitrogens with one attached hydrogen (secondary N) is 1. The molecule has 0 spiro atoms. The van der Waals surface area contributed by atoms with Crippen molar-refractivity contribution in [2.75, 3.05) is 6.54 Å². The van der Waals surface area contributed by atoms with Gasteiger partial charge in [0, 0.05) is 30.1 Å². The Morgan fingerprint density at radius 2 is 1.75 bits per heavy atom. The number of imidazole rings is 1. The first-order valence-corrected chi connectivity index (χ1v) is 11.3. The summed E-state index contributed by atoms with van der Waals surface area (Å²) in [6.45, 7) is 7.87. The summed E-state index contributed by atoms with van der Waals surface area (Å²) in [6, 6.07) is 19.8. The summed E-state index contributed by atoms with van der Waals surface area (Å²) in [7, 11) is 0. The highest BCUT2D eigenvalue weighted by Crippen LogP contribution is 2.23. The van der Waals surface area contributed by atoms with E-state index in [1.54, 1.807) is 24.3 Å². The van der Waals surface area contributed by atoms with Crippen molar-refractivity contribution in [2.45, 2.75) is 40.2 Å². The number of carbonyl (C=O) groups is 1. The van der Waals surface area contributed by atoms with E-state index in [4.69, 9.17) is 16.6 Å². The minimum Gasteiger partial charge on any atom is -0.352 e. The standard InChI is InChI=1S/C27H28ClN3O/c1-18-14-19(2)23(20(3)15-18)17-31-25-11-5-4-10-24(25)30-26(31)12-7-13-29-27(32)21-8-6-9-22(28)16-21/h4-6,8-11,14-16H,7,12-13,17H2,1-3H3,(H,29,32). The number of carbonyl (C=O) groups excluding carboxylic acids is 1. The third kappa shape index (κ3) is 4.86. The van der Waals surface area contributed by atoms with Crippen molar-refractivity contribution < 1.29 is 4.79 Å². The van der Waals surface area contributed by atoms with Crippen LogP contribution in [-0.4, -0.2) is 22.0 Å². The summed E-state index contributed by atoms with van der Waals surface area (Å²) in [5, 5.41) is 3.55. The molecule has 0 bridgehead atoms. The molecular formula is C27H28ClN3O. The van der Waals surface area contributed by atoms with Gasteiger partial charge in [0.1, 0.15) is 5.82 Å². The highest BCUT2D eigenvalue weighted by Gasteiger charge is 2.14. The second-order valence-electron chi connectivity index (χ2n) is 8.35. The van der Waals surface area contributed by atoms with Crippen LogP contribution in [0.15, 0.2) is 60.7 Å². The number of hydrogen-bond donors (Lipinski definition) is 1. The van der Waals surface area contributed by atoms with Crippen LogP contribution in [0.5, 0.6) is 0 Å². The average molecular weight is 446 g/mol. The summed E-state index contributed by atoms with van der Waals surface area (Å²) < 4.78 is 2.32. The lowest BCUT2D eigenvalue weighted by Gasteiger charge is -2.15. The highest BCUT2D eigenvalue weighted by molar-refractivity contribution is 6.30. The van der Waals surface area contributed by atoms with Gasteiger partial charge in [-0.05, 0) is 74.2 Å². The molecule has 1 amide bonds. The molecule has 1 N–H and O–H groups in total. The van der Waals surface area contributed by atoms with Crippen molar-refractivity contribution in [1.82, 2.24) is 14.9 Å². The molecule has 1 heterocycles. The second kappa shape index (κ2) is 9.58. The zero-order valence-corrected chi connectivity index (χ0v) is 19.5. The van der Waals surface area contributed by atoms with Crippen LogP contribution in [-0.2, 0) is 13.0 Å². The Kier molecular flexibility index (Phi) is 6.61.